The van der Waals surface area contributed by atoms with Gasteiger partial charge in [-0.15, -0.1) is 0 Å². The fourth-order valence-corrected chi connectivity index (χ4v) is 3.58. The van der Waals surface area contributed by atoms with E-state index in [0.29, 0.717) is 6.42 Å². The van der Waals surface area contributed by atoms with E-state index < -0.39 is 17.8 Å². The topological polar surface area (TPSA) is 104 Å². The molecule has 0 heterocycles. The Kier molecular flexibility index (Phi) is 1.97. The third kappa shape index (κ3) is 1.23. The molecule has 2 fully saturated rings. The van der Waals surface area contributed by atoms with Gasteiger partial charge in [-0.05, 0) is 23.7 Å². The van der Waals surface area contributed by atoms with Gasteiger partial charge in [0.05, 0.1) is 0 Å². The van der Waals surface area contributed by atoms with E-state index in [-0.39, 0.29) is 23.2 Å². The van der Waals surface area contributed by atoms with Crippen LogP contribution >= 0.6 is 0 Å². The summed E-state index contributed by atoms with van der Waals surface area (Å²) in [7, 11) is 0. The Balaban J connectivity index is 2.31. The lowest BCUT2D eigenvalue weighted by Crippen LogP contribution is -2.51. The number of fused-ring (bicyclic) bond motifs is 1. The fourth-order valence-electron chi connectivity index (χ4n) is 3.58. The van der Waals surface area contributed by atoms with Gasteiger partial charge in [0.15, 0.2) is 6.29 Å². The largest absolute Gasteiger partial charge is 0.480 e. The molecule has 4 atom stereocenters. The van der Waals surface area contributed by atoms with Gasteiger partial charge in [-0.1, -0.05) is 13.8 Å². The molecule has 0 spiro atoms. The lowest BCUT2D eigenvalue weighted by atomic mass is 9.79. The smallest absolute Gasteiger partial charge is 0.324 e. The molecule has 86 valence electrons. The van der Waals surface area contributed by atoms with Crippen molar-refractivity contribution in [3.05, 3.63) is 0 Å². The Bertz CT molecular complexity index is 315. The average Bonchev–Trinajstić information content (AvgIpc) is 2.72. The molecule has 0 aromatic carbocycles. The molecule has 0 radical (unpaired) electrons. The molecule has 0 saturated heterocycles. The van der Waals surface area contributed by atoms with Crippen LogP contribution in [0.25, 0.3) is 0 Å². The van der Waals surface area contributed by atoms with Crippen molar-refractivity contribution < 1.29 is 20.1 Å². The third-order valence-electron chi connectivity index (χ3n) is 4.06. The number of hydrogen-bond acceptors (Lipinski definition) is 4. The summed E-state index contributed by atoms with van der Waals surface area (Å²) < 4.78 is 0. The number of carboxylic acid groups (broad SMARTS) is 1. The van der Waals surface area contributed by atoms with Crippen LogP contribution < -0.4 is 5.73 Å². The molecule has 0 aromatic rings. The van der Waals surface area contributed by atoms with Crippen molar-refractivity contribution in [1.29, 1.82) is 0 Å². The van der Waals surface area contributed by atoms with Crippen molar-refractivity contribution >= 4 is 5.97 Å². The van der Waals surface area contributed by atoms with Crippen molar-refractivity contribution in [2.24, 2.45) is 28.9 Å². The number of nitrogens with two attached hydrogens (primary N) is 1. The van der Waals surface area contributed by atoms with Crippen molar-refractivity contribution in [3.63, 3.8) is 0 Å². The van der Waals surface area contributed by atoms with Crippen molar-refractivity contribution in [3.8, 4) is 0 Å². The van der Waals surface area contributed by atoms with E-state index in [1.807, 2.05) is 13.8 Å². The van der Waals surface area contributed by atoms with Crippen LogP contribution in [0.2, 0.25) is 0 Å². The quantitative estimate of drug-likeness (QED) is 0.459. The van der Waals surface area contributed by atoms with Crippen LogP contribution in [0.3, 0.4) is 0 Å². The first-order valence-electron chi connectivity index (χ1n) is 5.10. The summed E-state index contributed by atoms with van der Waals surface area (Å²) in [5.41, 5.74) is 4.35. The molecule has 0 amide bonds. The van der Waals surface area contributed by atoms with Crippen LogP contribution in [0.1, 0.15) is 20.3 Å². The molecular weight excluding hydrogens is 198 g/mol. The van der Waals surface area contributed by atoms with Crippen LogP contribution in [-0.4, -0.2) is 33.1 Å². The molecular formula is C10H17NO4. The minimum atomic E-state index is -1.46. The predicted molar refractivity (Wildman–Crippen MR) is 51.6 cm³/mol. The van der Waals surface area contributed by atoms with E-state index in [2.05, 4.69) is 0 Å². The predicted octanol–water partition coefficient (Wildman–Crippen LogP) is -0.629. The molecule has 5 heteroatoms. The van der Waals surface area contributed by atoms with Crippen LogP contribution in [0.4, 0.5) is 0 Å². The first-order valence-corrected chi connectivity index (χ1v) is 5.10. The number of aliphatic carboxylic acids is 1. The van der Waals surface area contributed by atoms with Gasteiger partial charge < -0.3 is 21.1 Å². The Morgan fingerprint density at radius 3 is 2.27 bits per heavy atom. The van der Waals surface area contributed by atoms with Crippen molar-refractivity contribution in [1.82, 2.24) is 0 Å². The van der Waals surface area contributed by atoms with Crippen LogP contribution in [0, 0.1) is 23.2 Å². The summed E-state index contributed by atoms with van der Waals surface area (Å²) in [5, 5.41) is 27.4. The molecule has 2 saturated carbocycles. The molecule has 4 unspecified atom stereocenters. The second kappa shape index (κ2) is 2.72. The van der Waals surface area contributed by atoms with Crippen LogP contribution in [0.5, 0.6) is 0 Å². The van der Waals surface area contributed by atoms with Gasteiger partial charge in [-0.25, -0.2) is 0 Å². The van der Waals surface area contributed by atoms with Gasteiger partial charge in [0.1, 0.15) is 5.54 Å². The highest BCUT2D eigenvalue weighted by Crippen LogP contribution is 2.69. The zero-order chi connectivity index (χ0) is 11.6. The fraction of sp³-hybridized carbons (Fsp3) is 0.900. The van der Waals surface area contributed by atoms with E-state index in [0.717, 1.165) is 0 Å². The summed E-state index contributed by atoms with van der Waals surface area (Å²) in [4.78, 5) is 11.1. The van der Waals surface area contributed by atoms with Gasteiger partial charge >= 0.3 is 5.97 Å². The average molecular weight is 215 g/mol. The summed E-state index contributed by atoms with van der Waals surface area (Å²) in [6.07, 6.45) is -1.06. The number of rotatable bonds is 2. The molecule has 2 rings (SSSR count). The summed E-state index contributed by atoms with van der Waals surface area (Å²) in [6.45, 7) is 3.87. The number of carboxylic acids is 1. The summed E-state index contributed by atoms with van der Waals surface area (Å²) in [5.74, 6) is -1.70. The highest BCUT2D eigenvalue weighted by molar-refractivity contribution is 5.81. The lowest BCUT2D eigenvalue weighted by Gasteiger charge is -2.30. The SMILES string of the molecule is CC1(C)CC(N)(C(=O)O)C2C(C(O)O)C21. The van der Waals surface area contributed by atoms with E-state index >= 15 is 0 Å². The highest BCUT2D eigenvalue weighted by atomic mass is 16.5. The maximum atomic E-state index is 11.1. The molecule has 0 aliphatic heterocycles. The number of hydrogen-bond donors (Lipinski definition) is 4. The van der Waals surface area contributed by atoms with Crippen LogP contribution in [0.15, 0.2) is 0 Å². The second-order valence-electron chi connectivity index (χ2n) is 5.55. The molecule has 0 aromatic heterocycles. The van der Waals surface area contributed by atoms with Gasteiger partial charge in [0.2, 0.25) is 0 Å². The Hall–Kier alpha value is -0.650. The molecule has 2 aliphatic carbocycles. The summed E-state index contributed by atoms with van der Waals surface area (Å²) in [6, 6.07) is 0. The van der Waals surface area contributed by atoms with Crippen LogP contribution in [-0.2, 0) is 4.79 Å². The molecule has 0 bridgehead atoms. The number of carbonyl (C=O) groups is 1. The molecule has 15 heavy (non-hydrogen) atoms. The van der Waals surface area contributed by atoms with Gasteiger partial charge in [-0.3, -0.25) is 4.79 Å². The minimum absolute atomic E-state index is 0.0126. The van der Waals surface area contributed by atoms with E-state index in [1.165, 1.54) is 0 Å². The van der Waals surface area contributed by atoms with Gasteiger partial charge in [-0.2, -0.15) is 0 Å². The third-order valence-corrected chi connectivity index (χ3v) is 4.06. The molecule has 5 N–H and O–H groups in total. The van der Waals surface area contributed by atoms with E-state index in [9.17, 15) is 4.79 Å². The van der Waals surface area contributed by atoms with Gasteiger partial charge in [0, 0.05) is 5.92 Å². The zero-order valence-electron chi connectivity index (χ0n) is 8.84. The highest BCUT2D eigenvalue weighted by Gasteiger charge is 2.75. The Labute approximate surface area is 87.9 Å². The first-order chi connectivity index (χ1) is 6.72. The Morgan fingerprint density at radius 1 is 1.40 bits per heavy atom. The maximum Gasteiger partial charge on any atom is 0.324 e. The monoisotopic (exact) mass is 215 g/mol. The van der Waals surface area contributed by atoms with Crippen molar-refractivity contribution in [2.75, 3.05) is 0 Å². The maximum absolute atomic E-state index is 11.1. The molecule has 5 nitrogen and oxygen atoms in total. The Morgan fingerprint density at radius 2 is 1.93 bits per heavy atom. The van der Waals surface area contributed by atoms with E-state index in [1.54, 1.807) is 0 Å². The number of aliphatic hydroxyl groups excluding tert-OH is 1. The van der Waals surface area contributed by atoms with E-state index in [4.69, 9.17) is 21.1 Å². The minimum Gasteiger partial charge on any atom is -0.480 e. The standard InChI is InChI=1S/C10H17NO4/c1-9(2)3-10(11,8(14)15)6-4(5(6)9)7(12)13/h4-7,12-13H,3,11H2,1-2H3,(H,14,15). The lowest BCUT2D eigenvalue weighted by molar-refractivity contribution is -0.145. The molecule has 2 aliphatic rings. The first kappa shape index (κ1) is 10.9. The van der Waals surface area contributed by atoms with Gasteiger partial charge in [0.25, 0.3) is 0 Å². The number of aliphatic hydroxyl groups is 2. The summed E-state index contributed by atoms with van der Waals surface area (Å²) >= 11 is 0. The second-order valence-corrected chi connectivity index (χ2v) is 5.55. The van der Waals surface area contributed by atoms with Crippen molar-refractivity contribution in [2.45, 2.75) is 32.1 Å². The zero-order valence-corrected chi connectivity index (χ0v) is 8.84. The normalized spacial score (nSPS) is 46.7.